The standard InChI is InChI=1S/C22H26N2O5S/c25-22(23-14-19-15-28-20-8-4-5-9-21(20)29-19)18-10-12-24(13-11-18)30(26,27)16-17-6-2-1-3-7-17/h1-9,18-19H,10-16H2,(H,23,25). The van der Waals surface area contributed by atoms with Crippen LogP contribution in [0.3, 0.4) is 0 Å². The van der Waals surface area contributed by atoms with Gasteiger partial charge < -0.3 is 14.8 Å². The fourth-order valence-electron chi connectivity index (χ4n) is 3.79. The summed E-state index contributed by atoms with van der Waals surface area (Å²) in [5.74, 6) is 1.14. The maximum atomic E-state index is 12.7. The van der Waals surface area contributed by atoms with Crippen LogP contribution < -0.4 is 14.8 Å². The van der Waals surface area contributed by atoms with Gasteiger partial charge >= 0.3 is 0 Å². The number of rotatable bonds is 6. The fourth-order valence-corrected chi connectivity index (χ4v) is 5.36. The number of carbonyl (C=O) groups excluding carboxylic acids is 1. The van der Waals surface area contributed by atoms with Gasteiger partial charge in [-0.3, -0.25) is 4.79 Å². The molecule has 2 aromatic rings. The van der Waals surface area contributed by atoms with Gasteiger partial charge in [-0.05, 0) is 30.5 Å². The molecule has 2 aromatic carbocycles. The Labute approximate surface area is 177 Å². The van der Waals surface area contributed by atoms with E-state index < -0.39 is 10.0 Å². The van der Waals surface area contributed by atoms with Gasteiger partial charge in [-0.2, -0.15) is 0 Å². The Bertz CT molecular complexity index is 972. The smallest absolute Gasteiger partial charge is 0.223 e. The number of amides is 1. The summed E-state index contributed by atoms with van der Waals surface area (Å²) < 4.78 is 38.3. The van der Waals surface area contributed by atoms with Gasteiger partial charge in [-0.25, -0.2) is 12.7 Å². The molecule has 0 bridgehead atoms. The quantitative estimate of drug-likeness (QED) is 0.759. The van der Waals surface area contributed by atoms with Crippen LogP contribution >= 0.6 is 0 Å². The molecule has 1 amide bonds. The second-order valence-corrected chi connectivity index (χ2v) is 9.63. The van der Waals surface area contributed by atoms with Crippen LogP contribution in [0.4, 0.5) is 0 Å². The zero-order valence-electron chi connectivity index (χ0n) is 16.7. The molecule has 2 heterocycles. The second-order valence-electron chi connectivity index (χ2n) is 7.66. The highest BCUT2D eigenvalue weighted by Gasteiger charge is 2.31. The summed E-state index contributed by atoms with van der Waals surface area (Å²) in [6, 6.07) is 16.6. The van der Waals surface area contributed by atoms with Crippen LogP contribution in [-0.2, 0) is 20.6 Å². The molecule has 1 fully saturated rings. The summed E-state index contributed by atoms with van der Waals surface area (Å²) in [5, 5.41) is 2.93. The monoisotopic (exact) mass is 430 g/mol. The molecule has 2 aliphatic rings. The Morgan fingerprint density at radius 2 is 1.67 bits per heavy atom. The summed E-state index contributed by atoms with van der Waals surface area (Å²) in [6.07, 6.45) is 0.797. The largest absolute Gasteiger partial charge is 0.486 e. The lowest BCUT2D eigenvalue weighted by molar-refractivity contribution is -0.126. The molecular weight excluding hydrogens is 404 g/mol. The molecule has 1 saturated heterocycles. The van der Waals surface area contributed by atoms with E-state index in [2.05, 4.69) is 5.32 Å². The minimum absolute atomic E-state index is 0.00873. The number of hydrogen-bond donors (Lipinski definition) is 1. The number of nitrogens with zero attached hydrogens (tertiary/aromatic N) is 1. The lowest BCUT2D eigenvalue weighted by Gasteiger charge is -2.31. The second kappa shape index (κ2) is 9.06. The van der Waals surface area contributed by atoms with Crippen LogP contribution in [0.1, 0.15) is 18.4 Å². The third-order valence-electron chi connectivity index (χ3n) is 5.48. The number of nitrogens with one attached hydrogen (secondary N) is 1. The highest BCUT2D eigenvalue weighted by molar-refractivity contribution is 7.88. The molecule has 0 aromatic heterocycles. The number of hydrogen-bond acceptors (Lipinski definition) is 5. The first-order valence-electron chi connectivity index (χ1n) is 10.2. The number of carbonyl (C=O) groups is 1. The van der Waals surface area contributed by atoms with Crippen molar-refractivity contribution in [3.05, 3.63) is 60.2 Å². The van der Waals surface area contributed by atoms with Crippen molar-refractivity contribution in [2.24, 2.45) is 5.92 Å². The summed E-state index contributed by atoms with van der Waals surface area (Å²) in [7, 11) is -3.38. The summed E-state index contributed by atoms with van der Waals surface area (Å²) >= 11 is 0. The Hall–Kier alpha value is -2.58. The number of ether oxygens (including phenoxy) is 2. The number of piperidine rings is 1. The van der Waals surface area contributed by atoms with Gasteiger partial charge in [-0.1, -0.05) is 42.5 Å². The van der Waals surface area contributed by atoms with Crippen molar-refractivity contribution in [1.29, 1.82) is 0 Å². The van der Waals surface area contributed by atoms with Gasteiger partial charge in [0.2, 0.25) is 15.9 Å². The predicted molar refractivity (Wildman–Crippen MR) is 113 cm³/mol. The Kier molecular flexibility index (Phi) is 6.24. The molecule has 8 heteroatoms. The summed E-state index contributed by atoms with van der Waals surface area (Å²) in [4.78, 5) is 12.6. The van der Waals surface area contributed by atoms with E-state index in [4.69, 9.17) is 9.47 Å². The molecule has 1 unspecified atom stereocenters. The number of sulfonamides is 1. The van der Waals surface area contributed by atoms with Gasteiger partial charge in [0.1, 0.15) is 12.7 Å². The van der Waals surface area contributed by atoms with Crippen LogP contribution in [0.15, 0.2) is 54.6 Å². The van der Waals surface area contributed by atoms with E-state index in [-0.39, 0.29) is 23.7 Å². The SMILES string of the molecule is O=C(NCC1COc2ccccc2O1)C1CCN(S(=O)(=O)Cc2ccccc2)CC1. The molecule has 0 spiro atoms. The van der Waals surface area contributed by atoms with Crippen molar-refractivity contribution >= 4 is 15.9 Å². The van der Waals surface area contributed by atoms with E-state index >= 15 is 0 Å². The minimum Gasteiger partial charge on any atom is -0.486 e. The highest BCUT2D eigenvalue weighted by atomic mass is 32.2. The van der Waals surface area contributed by atoms with Crippen molar-refractivity contribution in [3.63, 3.8) is 0 Å². The molecule has 1 atom stereocenters. The third-order valence-corrected chi connectivity index (χ3v) is 7.33. The van der Waals surface area contributed by atoms with E-state index in [0.717, 1.165) is 5.56 Å². The molecule has 30 heavy (non-hydrogen) atoms. The Morgan fingerprint density at radius 3 is 2.40 bits per heavy atom. The first-order valence-corrected chi connectivity index (χ1v) is 11.8. The predicted octanol–water partition coefficient (Wildman–Crippen LogP) is 2.18. The average Bonchev–Trinajstić information content (AvgIpc) is 2.78. The highest BCUT2D eigenvalue weighted by Crippen LogP contribution is 2.30. The molecule has 2 aliphatic heterocycles. The van der Waals surface area contributed by atoms with Crippen molar-refractivity contribution in [1.82, 2.24) is 9.62 Å². The number of para-hydroxylation sites is 2. The average molecular weight is 431 g/mol. The van der Waals surface area contributed by atoms with E-state index in [9.17, 15) is 13.2 Å². The van der Waals surface area contributed by atoms with Crippen molar-refractivity contribution in [2.45, 2.75) is 24.7 Å². The summed E-state index contributed by atoms with van der Waals surface area (Å²) in [5.41, 5.74) is 0.772. The molecule has 7 nitrogen and oxygen atoms in total. The lowest BCUT2D eigenvalue weighted by atomic mass is 9.97. The zero-order chi connectivity index (χ0) is 21.0. The van der Waals surface area contributed by atoms with Gasteiger partial charge in [0.05, 0.1) is 12.3 Å². The number of fused-ring (bicyclic) bond motifs is 1. The van der Waals surface area contributed by atoms with Crippen LogP contribution in [0.5, 0.6) is 11.5 Å². The van der Waals surface area contributed by atoms with E-state index in [1.54, 1.807) is 0 Å². The summed E-state index contributed by atoms with van der Waals surface area (Å²) in [6.45, 7) is 1.47. The van der Waals surface area contributed by atoms with E-state index in [0.29, 0.717) is 50.6 Å². The maximum absolute atomic E-state index is 12.7. The van der Waals surface area contributed by atoms with Crippen molar-refractivity contribution in [3.8, 4) is 11.5 Å². The molecule has 0 saturated carbocycles. The zero-order valence-corrected chi connectivity index (χ0v) is 17.5. The third kappa shape index (κ3) is 4.94. The minimum atomic E-state index is -3.38. The van der Waals surface area contributed by atoms with Crippen LogP contribution in [0.25, 0.3) is 0 Å². The van der Waals surface area contributed by atoms with Crippen molar-refractivity contribution < 1.29 is 22.7 Å². The first kappa shape index (κ1) is 20.7. The molecular formula is C22H26N2O5S. The Balaban J connectivity index is 1.24. The van der Waals surface area contributed by atoms with Gasteiger partial charge in [0.15, 0.2) is 11.5 Å². The van der Waals surface area contributed by atoms with Crippen LogP contribution in [0, 0.1) is 5.92 Å². The topological polar surface area (TPSA) is 84.9 Å². The number of benzene rings is 2. The van der Waals surface area contributed by atoms with Crippen LogP contribution in [-0.4, -0.2) is 51.0 Å². The van der Waals surface area contributed by atoms with Gasteiger partial charge in [-0.15, -0.1) is 0 Å². The normalized spacial score (nSPS) is 19.9. The fraction of sp³-hybridized carbons (Fsp3) is 0.409. The van der Waals surface area contributed by atoms with Gasteiger partial charge in [0.25, 0.3) is 0 Å². The molecule has 0 radical (unpaired) electrons. The first-order chi connectivity index (χ1) is 14.5. The molecule has 160 valence electrons. The lowest BCUT2D eigenvalue weighted by Crippen LogP contribution is -2.46. The Morgan fingerprint density at radius 1 is 1.00 bits per heavy atom. The van der Waals surface area contributed by atoms with Crippen LogP contribution in [0.2, 0.25) is 0 Å². The van der Waals surface area contributed by atoms with Crippen molar-refractivity contribution in [2.75, 3.05) is 26.2 Å². The van der Waals surface area contributed by atoms with E-state index in [1.807, 2.05) is 54.6 Å². The van der Waals surface area contributed by atoms with E-state index in [1.165, 1.54) is 4.31 Å². The molecule has 4 rings (SSSR count). The maximum Gasteiger partial charge on any atom is 0.223 e. The molecule has 0 aliphatic carbocycles. The van der Waals surface area contributed by atoms with Gasteiger partial charge in [0, 0.05) is 19.0 Å². The molecule has 1 N–H and O–H groups in total.